The van der Waals surface area contributed by atoms with E-state index in [2.05, 4.69) is 20.4 Å². The molecule has 3 rings (SSSR count). The van der Waals surface area contributed by atoms with Crippen LogP contribution in [0.2, 0.25) is 0 Å². The summed E-state index contributed by atoms with van der Waals surface area (Å²) in [5.41, 5.74) is 4.71. The highest BCUT2D eigenvalue weighted by Gasteiger charge is 2.10. The van der Waals surface area contributed by atoms with E-state index in [1.54, 1.807) is 6.07 Å². The van der Waals surface area contributed by atoms with Crippen LogP contribution in [0, 0.1) is 19.7 Å². The number of halogens is 1. The van der Waals surface area contributed by atoms with Gasteiger partial charge in [-0.15, -0.1) is 0 Å². The third-order valence-corrected chi connectivity index (χ3v) is 3.54. The Morgan fingerprint density at radius 3 is 2.85 bits per heavy atom. The van der Waals surface area contributed by atoms with Crippen LogP contribution in [0.1, 0.15) is 17.0 Å². The van der Waals surface area contributed by atoms with Gasteiger partial charge in [0.1, 0.15) is 5.82 Å². The normalized spacial score (nSPS) is 11.2. The van der Waals surface area contributed by atoms with Gasteiger partial charge in [-0.25, -0.2) is 9.37 Å². The summed E-state index contributed by atoms with van der Waals surface area (Å²) < 4.78 is 15.0. The average molecular weight is 273 g/mol. The molecule has 0 saturated heterocycles. The number of nitrogens with one attached hydrogen (secondary N) is 2. The lowest BCUT2D eigenvalue weighted by atomic mass is 10.2. The van der Waals surface area contributed by atoms with Crippen LogP contribution in [0.5, 0.6) is 0 Å². The van der Waals surface area contributed by atoms with Crippen molar-refractivity contribution in [3.63, 3.8) is 0 Å². The lowest BCUT2D eigenvalue weighted by Crippen LogP contribution is -2.03. The Hall–Kier alpha value is -2.37. The molecule has 3 aromatic rings. The van der Waals surface area contributed by atoms with Crippen LogP contribution < -0.4 is 5.32 Å². The van der Waals surface area contributed by atoms with Crippen LogP contribution in [-0.2, 0) is 13.6 Å². The predicted molar refractivity (Wildman–Crippen MR) is 76.1 cm³/mol. The number of hydrogen-bond donors (Lipinski definition) is 2. The SMILES string of the molecule is Cc1nn(C)c(C)c1CNc1nc2ccc(F)cc2[nH]1. The maximum absolute atomic E-state index is 13.1. The Balaban J connectivity index is 1.83. The third-order valence-electron chi connectivity index (χ3n) is 3.54. The van der Waals surface area contributed by atoms with Crippen LogP contribution in [0.3, 0.4) is 0 Å². The Bertz CT molecular complexity index is 771. The van der Waals surface area contributed by atoms with E-state index in [4.69, 9.17) is 0 Å². The summed E-state index contributed by atoms with van der Waals surface area (Å²) in [6.45, 7) is 4.65. The molecule has 0 amide bonds. The zero-order chi connectivity index (χ0) is 14.3. The molecule has 104 valence electrons. The van der Waals surface area contributed by atoms with E-state index >= 15 is 0 Å². The van der Waals surface area contributed by atoms with E-state index < -0.39 is 0 Å². The summed E-state index contributed by atoms with van der Waals surface area (Å²) in [6.07, 6.45) is 0. The second kappa shape index (κ2) is 4.63. The summed E-state index contributed by atoms with van der Waals surface area (Å²) in [4.78, 5) is 7.44. The van der Waals surface area contributed by atoms with Gasteiger partial charge in [0.15, 0.2) is 0 Å². The fraction of sp³-hybridized carbons (Fsp3) is 0.286. The molecule has 0 aliphatic rings. The molecule has 2 heterocycles. The Labute approximate surface area is 115 Å². The number of aromatic nitrogens is 4. The minimum absolute atomic E-state index is 0.272. The van der Waals surface area contributed by atoms with Gasteiger partial charge in [0.25, 0.3) is 0 Å². The van der Waals surface area contributed by atoms with Crippen molar-refractivity contribution in [3.8, 4) is 0 Å². The minimum Gasteiger partial charge on any atom is -0.352 e. The number of imidazole rings is 1. The molecule has 0 unspecified atom stereocenters. The number of benzene rings is 1. The molecule has 5 nitrogen and oxygen atoms in total. The standard InChI is InChI=1S/C14H16FN5/c1-8-11(9(2)20(3)19-8)7-16-14-17-12-5-4-10(15)6-13(12)18-14/h4-6H,7H2,1-3H3,(H2,16,17,18). The van der Waals surface area contributed by atoms with Gasteiger partial charge in [0.05, 0.1) is 16.7 Å². The fourth-order valence-electron chi connectivity index (χ4n) is 2.31. The monoisotopic (exact) mass is 273 g/mol. The van der Waals surface area contributed by atoms with Gasteiger partial charge in [-0.1, -0.05) is 0 Å². The first-order valence-corrected chi connectivity index (χ1v) is 6.43. The zero-order valence-electron chi connectivity index (χ0n) is 11.7. The van der Waals surface area contributed by atoms with E-state index in [1.807, 2.05) is 25.6 Å². The molecule has 2 aromatic heterocycles. The van der Waals surface area contributed by atoms with E-state index in [0.717, 1.165) is 22.5 Å². The molecule has 1 aromatic carbocycles. The van der Waals surface area contributed by atoms with Gasteiger partial charge < -0.3 is 10.3 Å². The maximum atomic E-state index is 13.1. The van der Waals surface area contributed by atoms with Crippen LogP contribution >= 0.6 is 0 Å². The smallest absolute Gasteiger partial charge is 0.201 e. The van der Waals surface area contributed by atoms with Crippen molar-refractivity contribution >= 4 is 17.0 Å². The molecule has 0 atom stereocenters. The van der Waals surface area contributed by atoms with Crippen molar-refractivity contribution in [1.29, 1.82) is 0 Å². The van der Waals surface area contributed by atoms with E-state index in [0.29, 0.717) is 18.0 Å². The summed E-state index contributed by atoms with van der Waals surface area (Å²) in [6, 6.07) is 4.50. The number of fused-ring (bicyclic) bond motifs is 1. The molecular weight excluding hydrogens is 257 g/mol. The first-order valence-electron chi connectivity index (χ1n) is 6.43. The topological polar surface area (TPSA) is 58.5 Å². The molecule has 0 radical (unpaired) electrons. The van der Waals surface area contributed by atoms with Gasteiger partial charge in [-0.05, 0) is 32.0 Å². The predicted octanol–water partition coefficient (Wildman–Crippen LogP) is 2.66. The van der Waals surface area contributed by atoms with E-state index in [1.165, 1.54) is 12.1 Å². The Morgan fingerprint density at radius 1 is 1.35 bits per heavy atom. The van der Waals surface area contributed by atoms with Crippen LogP contribution in [0.4, 0.5) is 10.3 Å². The number of H-pyrrole nitrogens is 1. The molecule has 0 aliphatic heterocycles. The summed E-state index contributed by atoms with van der Waals surface area (Å²) in [5, 5.41) is 7.60. The van der Waals surface area contributed by atoms with Crippen molar-refractivity contribution < 1.29 is 4.39 Å². The minimum atomic E-state index is -0.272. The van der Waals surface area contributed by atoms with Crippen molar-refractivity contribution in [1.82, 2.24) is 19.7 Å². The van der Waals surface area contributed by atoms with Gasteiger partial charge in [0.2, 0.25) is 5.95 Å². The molecular formula is C14H16FN5. The van der Waals surface area contributed by atoms with E-state index in [9.17, 15) is 4.39 Å². The second-order valence-corrected chi connectivity index (χ2v) is 4.87. The highest BCUT2D eigenvalue weighted by Crippen LogP contribution is 2.17. The summed E-state index contributed by atoms with van der Waals surface area (Å²) in [7, 11) is 1.93. The Morgan fingerprint density at radius 2 is 2.15 bits per heavy atom. The zero-order valence-corrected chi connectivity index (χ0v) is 11.7. The molecule has 0 fully saturated rings. The number of hydrogen-bond acceptors (Lipinski definition) is 3. The van der Waals surface area contributed by atoms with Gasteiger partial charge in [-0.3, -0.25) is 4.68 Å². The molecule has 20 heavy (non-hydrogen) atoms. The van der Waals surface area contributed by atoms with Gasteiger partial charge in [-0.2, -0.15) is 5.10 Å². The number of aromatic amines is 1. The van der Waals surface area contributed by atoms with E-state index in [-0.39, 0.29) is 5.82 Å². The molecule has 2 N–H and O–H groups in total. The number of anilines is 1. The van der Waals surface area contributed by atoms with Crippen LogP contribution in [-0.4, -0.2) is 19.7 Å². The fourth-order valence-corrected chi connectivity index (χ4v) is 2.31. The third kappa shape index (κ3) is 2.13. The number of rotatable bonds is 3. The highest BCUT2D eigenvalue weighted by atomic mass is 19.1. The molecule has 0 bridgehead atoms. The summed E-state index contributed by atoms with van der Waals surface area (Å²) >= 11 is 0. The first kappa shape index (κ1) is 12.7. The van der Waals surface area contributed by atoms with Crippen molar-refractivity contribution in [3.05, 3.63) is 41.0 Å². The maximum Gasteiger partial charge on any atom is 0.201 e. The quantitative estimate of drug-likeness (QED) is 0.771. The number of aryl methyl sites for hydroxylation is 2. The lowest BCUT2D eigenvalue weighted by Gasteiger charge is -2.03. The summed E-state index contributed by atoms with van der Waals surface area (Å²) in [5.74, 6) is 0.361. The van der Waals surface area contributed by atoms with Crippen molar-refractivity contribution in [2.24, 2.45) is 7.05 Å². The van der Waals surface area contributed by atoms with Crippen molar-refractivity contribution in [2.75, 3.05) is 5.32 Å². The largest absolute Gasteiger partial charge is 0.352 e. The van der Waals surface area contributed by atoms with Crippen LogP contribution in [0.25, 0.3) is 11.0 Å². The lowest BCUT2D eigenvalue weighted by molar-refractivity contribution is 0.629. The molecule has 0 aliphatic carbocycles. The van der Waals surface area contributed by atoms with Crippen molar-refractivity contribution in [2.45, 2.75) is 20.4 Å². The molecule has 0 spiro atoms. The van der Waals surface area contributed by atoms with Gasteiger partial charge in [0, 0.05) is 24.8 Å². The number of nitrogens with zero attached hydrogens (tertiary/aromatic N) is 3. The highest BCUT2D eigenvalue weighted by molar-refractivity contribution is 5.77. The average Bonchev–Trinajstić information content (AvgIpc) is 2.89. The van der Waals surface area contributed by atoms with Crippen LogP contribution in [0.15, 0.2) is 18.2 Å². The Kier molecular flexibility index (Phi) is 2.93. The second-order valence-electron chi connectivity index (χ2n) is 4.87. The van der Waals surface area contributed by atoms with Gasteiger partial charge >= 0.3 is 0 Å². The molecule has 0 saturated carbocycles. The first-order chi connectivity index (χ1) is 9.54. The molecule has 6 heteroatoms.